The molecule has 178 valence electrons. The Morgan fingerprint density at radius 2 is 1.91 bits per heavy atom. The van der Waals surface area contributed by atoms with E-state index in [1.54, 1.807) is 18.2 Å². The minimum Gasteiger partial charge on any atom is -0.461 e. The zero-order valence-electron chi connectivity index (χ0n) is 19.3. The Kier molecular flexibility index (Phi) is 7.25. The van der Waals surface area contributed by atoms with Gasteiger partial charge in [-0.3, -0.25) is 14.9 Å². The highest BCUT2D eigenvalue weighted by molar-refractivity contribution is 6.02. The Hall–Kier alpha value is -3.68. The predicted octanol–water partition coefficient (Wildman–Crippen LogP) is 5.34. The average Bonchev–Trinajstić information content (AvgIpc) is 3.46. The van der Waals surface area contributed by atoms with Crippen molar-refractivity contribution >= 4 is 34.2 Å². The lowest BCUT2D eigenvalue weighted by Gasteiger charge is -2.17. The number of rotatable bonds is 10. The van der Waals surface area contributed by atoms with E-state index in [2.05, 4.69) is 11.9 Å². The van der Waals surface area contributed by atoms with E-state index in [0.29, 0.717) is 25.1 Å². The lowest BCUT2D eigenvalue weighted by Crippen LogP contribution is -2.28. The molecule has 0 atom stereocenters. The molecule has 0 saturated carbocycles. The fraction of sp³-hybridized carbons (Fsp3) is 0.385. The Morgan fingerprint density at radius 1 is 1.12 bits per heavy atom. The molecule has 1 aliphatic rings. The van der Waals surface area contributed by atoms with Gasteiger partial charge in [-0.25, -0.2) is 4.79 Å². The van der Waals surface area contributed by atoms with Crippen LogP contribution in [0, 0.1) is 10.1 Å². The number of anilines is 1. The van der Waals surface area contributed by atoms with Crippen LogP contribution in [0.1, 0.15) is 60.6 Å². The second-order valence-electron chi connectivity index (χ2n) is 8.62. The topological polar surface area (TPSA) is 106 Å². The third-order valence-corrected chi connectivity index (χ3v) is 6.30. The Morgan fingerprint density at radius 3 is 2.65 bits per heavy atom. The number of amides is 1. The number of ether oxygens (including phenoxy) is 1. The van der Waals surface area contributed by atoms with Crippen molar-refractivity contribution < 1.29 is 19.2 Å². The summed E-state index contributed by atoms with van der Waals surface area (Å²) in [6, 6.07) is 11.9. The molecule has 8 nitrogen and oxygen atoms in total. The van der Waals surface area contributed by atoms with E-state index < -0.39 is 10.9 Å². The van der Waals surface area contributed by atoms with Crippen molar-refractivity contribution in [3.8, 4) is 0 Å². The number of benzene rings is 2. The van der Waals surface area contributed by atoms with E-state index in [0.717, 1.165) is 59.8 Å². The number of fused-ring (bicyclic) bond motifs is 3. The minimum absolute atomic E-state index is 0.0307. The maximum atomic E-state index is 12.7. The predicted molar refractivity (Wildman–Crippen MR) is 130 cm³/mol. The van der Waals surface area contributed by atoms with Gasteiger partial charge in [0.25, 0.3) is 5.69 Å². The van der Waals surface area contributed by atoms with Crippen LogP contribution in [0.3, 0.4) is 0 Å². The number of nitro groups is 1. The number of carbonyl (C=O) groups is 2. The number of H-pyrrole nitrogens is 1. The first kappa shape index (κ1) is 23.5. The molecular formula is C26H29N3O5. The molecule has 0 saturated heterocycles. The van der Waals surface area contributed by atoms with Crippen LogP contribution < -0.4 is 4.90 Å². The quantitative estimate of drug-likeness (QED) is 0.189. The number of hydrogen-bond donors (Lipinski definition) is 1. The Balaban J connectivity index is 1.38. The van der Waals surface area contributed by atoms with Crippen LogP contribution in [-0.4, -0.2) is 34.9 Å². The highest BCUT2D eigenvalue weighted by Crippen LogP contribution is 2.35. The van der Waals surface area contributed by atoms with Gasteiger partial charge >= 0.3 is 5.97 Å². The molecule has 0 fully saturated rings. The fourth-order valence-corrected chi connectivity index (χ4v) is 4.44. The molecule has 1 amide bonds. The molecule has 1 aliphatic heterocycles. The molecule has 2 aromatic carbocycles. The van der Waals surface area contributed by atoms with Crippen molar-refractivity contribution in [3.63, 3.8) is 0 Å². The Labute approximate surface area is 198 Å². The number of non-ortho nitro benzene ring substituents is 1. The fourth-order valence-electron chi connectivity index (χ4n) is 4.44. The molecule has 0 aliphatic carbocycles. The standard InChI is InChI=1S/C26H29N3O5/c1-2-3-4-5-6-25(30)28-15-13-20-21-17-23(27-22(21)11-12-24(20)28)26(31)34-16-14-18-7-9-19(10-8-18)29(32)33/h7-12,17,27H,2-6,13-16H2,1H3. The molecule has 0 bridgehead atoms. The van der Waals surface area contributed by atoms with Gasteiger partial charge in [0, 0.05) is 48.1 Å². The van der Waals surface area contributed by atoms with Crippen LogP contribution in [0.5, 0.6) is 0 Å². The van der Waals surface area contributed by atoms with E-state index in [1.807, 2.05) is 17.0 Å². The van der Waals surface area contributed by atoms with Crippen LogP contribution >= 0.6 is 0 Å². The second kappa shape index (κ2) is 10.5. The normalized spacial score (nSPS) is 12.7. The van der Waals surface area contributed by atoms with Crippen LogP contribution in [-0.2, 0) is 22.4 Å². The smallest absolute Gasteiger partial charge is 0.354 e. The molecule has 1 aromatic heterocycles. The highest BCUT2D eigenvalue weighted by atomic mass is 16.6. The van der Waals surface area contributed by atoms with Crippen molar-refractivity contribution in [2.24, 2.45) is 0 Å². The van der Waals surface area contributed by atoms with E-state index in [1.165, 1.54) is 12.1 Å². The molecular weight excluding hydrogens is 434 g/mol. The average molecular weight is 464 g/mol. The van der Waals surface area contributed by atoms with E-state index >= 15 is 0 Å². The number of esters is 1. The number of unbranched alkanes of at least 4 members (excludes halogenated alkanes) is 3. The van der Waals surface area contributed by atoms with Gasteiger partial charge in [-0.1, -0.05) is 38.3 Å². The number of carbonyl (C=O) groups excluding carboxylic acids is 2. The third kappa shape index (κ3) is 5.11. The molecule has 0 spiro atoms. The van der Waals surface area contributed by atoms with E-state index in [9.17, 15) is 19.7 Å². The highest BCUT2D eigenvalue weighted by Gasteiger charge is 2.27. The maximum absolute atomic E-state index is 12.7. The van der Waals surface area contributed by atoms with Gasteiger partial charge in [0.2, 0.25) is 5.91 Å². The monoisotopic (exact) mass is 463 g/mol. The van der Waals surface area contributed by atoms with Crippen molar-refractivity contribution in [3.05, 3.63) is 69.4 Å². The zero-order chi connectivity index (χ0) is 24.1. The summed E-state index contributed by atoms with van der Waals surface area (Å²) in [5.41, 5.74) is 4.12. The molecule has 3 aromatic rings. The lowest BCUT2D eigenvalue weighted by molar-refractivity contribution is -0.384. The van der Waals surface area contributed by atoms with Gasteiger partial charge in [-0.2, -0.15) is 0 Å². The first-order valence-corrected chi connectivity index (χ1v) is 11.8. The summed E-state index contributed by atoms with van der Waals surface area (Å²) in [4.78, 5) is 40.6. The number of nitro benzene ring substituents is 1. The van der Waals surface area contributed by atoms with Gasteiger partial charge in [0.05, 0.1) is 11.5 Å². The Bertz CT molecular complexity index is 1200. The second-order valence-corrected chi connectivity index (χ2v) is 8.62. The first-order valence-electron chi connectivity index (χ1n) is 11.8. The van der Waals surface area contributed by atoms with Crippen molar-refractivity contribution in [1.29, 1.82) is 0 Å². The minimum atomic E-state index is -0.450. The number of aromatic amines is 1. The van der Waals surface area contributed by atoms with Gasteiger partial charge in [-0.15, -0.1) is 0 Å². The van der Waals surface area contributed by atoms with Crippen LogP contribution in [0.2, 0.25) is 0 Å². The van der Waals surface area contributed by atoms with Crippen LogP contribution in [0.25, 0.3) is 10.9 Å². The zero-order valence-corrected chi connectivity index (χ0v) is 19.3. The summed E-state index contributed by atoms with van der Waals surface area (Å²) in [5, 5.41) is 11.7. The third-order valence-electron chi connectivity index (χ3n) is 6.30. The van der Waals surface area contributed by atoms with Gasteiger partial charge in [0.1, 0.15) is 5.69 Å². The molecule has 4 rings (SSSR count). The van der Waals surface area contributed by atoms with Crippen LogP contribution in [0.15, 0.2) is 42.5 Å². The molecule has 0 radical (unpaired) electrons. The number of nitrogens with one attached hydrogen (secondary N) is 1. The SMILES string of the molecule is CCCCCCC(=O)N1CCc2c1ccc1[nH]c(C(=O)OCCc3ccc([N+](=O)[O-])cc3)cc21. The maximum Gasteiger partial charge on any atom is 0.354 e. The summed E-state index contributed by atoms with van der Waals surface area (Å²) in [7, 11) is 0. The summed E-state index contributed by atoms with van der Waals surface area (Å²) >= 11 is 0. The van der Waals surface area contributed by atoms with Gasteiger partial charge in [0.15, 0.2) is 0 Å². The van der Waals surface area contributed by atoms with Crippen molar-refractivity contribution in [1.82, 2.24) is 4.98 Å². The molecule has 2 heterocycles. The summed E-state index contributed by atoms with van der Waals surface area (Å²) in [5.74, 6) is -0.288. The molecule has 8 heteroatoms. The van der Waals surface area contributed by atoms with E-state index in [4.69, 9.17) is 4.74 Å². The van der Waals surface area contributed by atoms with Crippen molar-refractivity contribution in [2.45, 2.75) is 51.9 Å². The van der Waals surface area contributed by atoms with Gasteiger partial charge in [-0.05, 0) is 42.2 Å². The number of aromatic nitrogens is 1. The van der Waals surface area contributed by atoms with Crippen molar-refractivity contribution in [2.75, 3.05) is 18.1 Å². The number of hydrogen-bond acceptors (Lipinski definition) is 5. The molecule has 0 unspecified atom stereocenters. The number of nitrogens with zero attached hydrogens (tertiary/aromatic N) is 2. The molecule has 34 heavy (non-hydrogen) atoms. The van der Waals surface area contributed by atoms with E-state index in [-0.39, 0.29) is 18.2 Å². The lowest BCUT2D eigenvalue weighted by atomic mass is 10.1. The van der Waals surface area contributed by atoms with Crippen LogP contribution in [0.4, 0.5) is 11.4 Å². The van der Waals surface area contributed by atoms with Gasteiger partial charge < -0.3 is 14.6 Å². The summed E-state index contributed by atoms with van der Waals surface area (Å²) in [6.45, 7) is 3.00. The summed E-state index contributed by atoms with van der Waals surface area (Å²) < 4.78 is 5.41. The summed E-state index contributed by atoms with van der Waals surface area (Å²) in [6.07, 6.45) is 6.09. The first-order chi connectivity index (χ1) is 16.5. The largest absolute Gasteiger partial charge is 0.461 e. The molecule has 1 N–H and O–H groups in total.